The molecule has 0 saturated heterocycles. The van der Waals surface area contributed by atoms with Crippen molar-refractivity contribution in [3.05, 3.63) is 89.5 Å². The molecule has 0 radical (unpaired) electrons. The van der Waals surface area contributed by atoms with Gasteiger partial charge in [0.05, 0.1) is 0 Å². The first-order valence-electron chi connectivity index (χ1n) is 9.12. The van der Waals surface area contributed by atoms with Crippen molar-refractivity contribution in [3.63, 3.8) is 0 Å². The summed E-state index contributed by atoms with van der Waals surface area (Å²) in [5.74, 6) is -0.216. The fourth-order valence-corrected chi connectivity index (χ4v) is 2.83. The van der Waals surface area contributed by atoms with Crippen LogP contribution in [0.2, 0.25) is 0 Å². The van der Waals surface area contributed by atoms with Crippen LogP contribution in [0.3, 0.4) is 0 Å². The Morgan fingerprint density at radius 3 is 2.07 bits per heavy atom. The molecule has 0 aromatic heterocycles. The molecule has 28 heavy (non-hydrogen) atoms. The summed E-state index contributed by atoms with van der Waals surface area (Å²) in [5.41, 5.74) is 10.4. The quantitative estimate of drug-likeness (QED) is 0.560. The third-order valence-corrected chi connectivity index (χ3v) is 4.44. The zero-order valence-electron chi connectivity index (χ0n) is 15.7. The van der Waals surface area contributed by atoms with Gasteiger partial charge in [0.25, 0.3) is 5.91 Å². The number of hydrogen-bond acceptors (Lipinski definition) is 3. The second-order valence-electron chi connectivity index (χ2n) is 6.64. The molecule has 0 aliphatic rings. The Hall–Kier alpha value is -3.60. The minimum absolute atomic E-state index is 0.0616. The third kappa shape index (κ3) is 5.20. The molecule has 0 bridgehead atoms. The van der Waals surface area contributed by atoms with Crippen LogP contribution in [0, 0.1) is 6.92 Å². The number of carbonyl (C=O) groups is 2. The van der Waals surface area contributed by atoms with E-state index in [4.69, 9.17) is 5.73 Å². The van der Waals surface area contributed by atoms with E-state index >= 15 is 0 Å². The first kappa shape index (κ1) is 19.2. The van der Waals surface area contributed by atoms with Crippen molar-refractivity contribution >= 4 is 28.9 Å². The van der Waals surface area contributed by atoms with Gasteiger partial charge in [-0.1, -0.05) is 30.3 Å². The minimum atomic E-state index is -0.154. The Morgan fingerprint density at radius 1 is 0.821 bits per heavy atom. The Labute approximate surface area is 164 Å². The molecule has 0 fully saturated rings. The van der Waals surface area contributed by atoms with Crippen LogP contribution < -0.4 is 16.4 Å². The van der Waals surface area contributed by atoms with Gasteiger partial charge >= 0.3 is 0 Å². The number of nitrogens with one attached hydrogen (secondary N) is 2. The molecule has 0 aliphatic carbocycles. The highest BCUT2D eigenvalue weighted by molar-refractivity contribution is 6.05. The fraction of sp³-hybridized carbons (Fsp3) is 0.130. The molecule has 0 atom stereocenters. The van der Waals surface area contributed by atoms with Crippen LogP contribution >= 0.6 is 0 Å². The van der Waals surface area contributed by atoms with Crippen molar-refractivity contribution in [2.24, 2.45) is 0 Å². The van der Waals surface area contributed by atoms with E-state index in [0.717, 1.165) is 11.1 Å². The molecule has 142 valence electrons. The highest BCUT2D eigenvalue weighted by Crippen LogP contribution is 2.16. The van der Waals surface area contributed by atoms with Crippen molar-refractivity contribution in [2.75, 3.05) is 16.4 Å². The van der Waals surface area contributed by atoms with Crippen molar-refractivity contribution in [1.82, 2.24) is 0 Å². The van der Waals surface area contributed by atoms with E-state index < -0.39 is 0 Å². The number of nitrogen functional groups attached to an aromatic ring is 1. The molecule has 5 heteroatoms. The van der Waals surface area contributed by atoms with Crippen molar-refractivity contribution in [3.8, 4) is 0 Å². The lowest BCUT2D eigenvalue weighted by atomic mass is 10.1. The van der Waals surface area contributed by atoms with E-state index in [2.05, 4.69) is 10.6 Å². The summed E-state index contributed by atoms with van der Waals surface area (Å²) in [4.78, 5) is 24.5. The zero-order valence-corrected chi connectivity index (χ0v) is 15.7. The van der Waals surface area contributed by atoms with Gasteiger partial charge in [0, 0.05) is 29.0 Å². The van der Waals surface area contributed by atoms with Gasteiger partial charge in [0.2, 0.25) is 5.91 Å². The van der Waals surface area contributed by atoms with Crippen LogP contribution in [0.5, 0.6) is 0 Å². The van der Waals surface area contributed by atoms with Gasteiger partial charge < -0.3 is 16.4 Å². The molecule has 0 unspecified atom stereocenters. The highest BCUT2D eigenvalue weighted by Gasteiger charge is 2.09. The number of carbonyl (C=O) groups excluding carboxylic acids is 2. The topological polar surface area (TPSA) is 84.2 Å². The minimum Gasteiger partial charge on any atom is -0.399 e. The maximum absolute atomic E-state index is 12.3. The molecule has 3 aromatic rings. The molecule has 0 saturated carbocycles. The molecular weight excluding hydrogens is 350 g/mol. The highest BCUT2D eigenvalue weighted by atomic mass is 16.2. The largest absolute Gasteiger partial charge is 0.399 e. The van der Waals surface area contributed by atoms with Gasteiger partial charge in [-0.25, -0.2) is 0 Å². The molecule has 4 N–H and O–H groups in total. The Bertz CT molecular complexity index is 964. The summed E-state index contributed by atoms with van der Waals surface area (Å²) < 4.78 is 0. The van der Waals surface area contributed by atoms with Crippen LogP contribution in [-0.4, -0.2) is 11.8 Å². The number of nitrogens with two attached hydrogens (primary N) is 1. The second kappa shape index (κ2) is 8.86. The van der Waals surface area contributed by atoms with Gasteiger partial charge in [-0.05, 0) is 66.9 Å². The fourth-order valence-electron chi connectivity index (χ4n) is 2.83. The molecule has 0 spiro atoms. The molecule has 5 nitrogen and oxygen atoms in total. The number of amides is 2. The predicted molar refractivity (Wildman–Crippen MR) is 113 cm³/mol. The Morgan fingerprint density at radius 2 is 1.43 bits per heavy atom. The van der Waals surface area contributed by atoms with E-state index in [-0.39, 0.29) is 11.8 Å². The van der Waals surface area contributed by atoms with Crippen LogP contribution in [-0.2, 0) is 11.2 Å². The summed E-state index contributed by atoms with van der Waals surface area (Å²) in [5, 5.41) is 5.74. The lowest BCUT2D eigenvalue weighted by Crippen LogP contribution is -2.14. The van der Waals surface area contributed by atoms with Crippen LogP contribution in [0.15, 0.2) is 72.8 Å². The van der Waals surface area contributed by atoms with Crippen molar-refractivity contribution in [2.45, 2.75) is 19.8 Å². The lowest BCUT2D eigenvalue weighted by Gasteiger charge is -2.09. The molecule has 0 heterocycles. The van der Waals surface area contributed by atoms with Crippen LogP contribution in [0.25, 0.3) is 0 Å². The average Bonchev–Trinajstić information content (AvgIpc) is 2.69. The first-order valence-corrected chi connectivity index (χ1v) is 9.12. The summed E-state index contributed by atoms with van der Waals surface area (Å²) in [7, 11) is 0. The maximum Gasteiger partial charge on any atom is 0.255 e. The number of benzene rings is 3. The van der Waals surface area contributed by atoms with Gasteiger partial charge in [0.1, 0.15) is 0 Å². The Kier molecular flexibility index (Phi) is 6.07. The van der Waals surface area contributed by atoms with Crippen LogP contribution in [0.4, 0.5) is 17.1 Å². The van der Waals surface area contributed by atoms with Crippen LogP contribution in [0.1, 0.15) is 27.9 Å². The predicted octanol–water partition coefficient (Wildman–Crippen LogP) is 4.40. The van der Waals surface area contributed by atoms with E-state index in [1.165, 1.54) is 0 Å². The second-order valence-corrected chi connectivity index (χ2v) is 6.64. The SMILES string of the molecule is Cc1ccccc1C(=O)Nc1ccc(NC(=O)CCc2ccc(N)cc2)cc1. The molecule has 2 amide bonds. The molecule has 0 aliphatic heterocycles. The van der Waals surface area contributed by atoms with Crippen molar-refractivity contribution < 1.29 is 9.59 Å². The lowest BCUT2D eigenvalue weighted by molar-refractivity contribution is -0.116. The van der Waals surface area contributed by atoms with Crippen molar-refractivity contribution in [1.29, 1.82) is 0 Å². The average molecular weight is 373 g/mol. The van der Waals surface area contributed by atoms with Gasteiger partial charge in [-0.3, -0.25) is 9.59 Å². The first-order chi connectivity index (χ1) is 13.5. The van der Waals surface area contributed by atoms with E-state index in [1.54, 1.807) is 30.3 Å². The summed E-state index contributed by atoms with van der Waals surface area (Å²) >= 11 is 0. The van der Waals surface area contributed by atoms with E-state index in [9.17, 15) is 9.59 Å². The smallest absolute Gasteiger partial charge is 0.255 e. The summed E-state index contributed by atoms with van der Waals surface area (Å²) in [6, 6.07) is 22.0. The summed E-state index contributed by atoms with van der Waals surface area (Å²) in [6.45, 7) is 1.90. The van der Waals surface area contributed by atoms with E-state index in [1.807, 2.05) is 49.4 Å². The molecule has 3 rings (SSSR count). The monoisotopic (exact) mass is 373 g/mol. The number of rotatable bonds is 6. The molecule has 3 aromatic carbocycles. The Balaban J connectivity index is 1.52. The normalized spacial score (nSPS) is 10.3. The maximum atomic E-state index is 12.3. The molecular formula is C23H23N3O2. The third-order valence-electron chi connectivity index (χ3n) is 4.44. The standard InChI is InChI=1S/C23H23N3O2/c1-16-4-2-3-5-21(16)23(28)26-20-13-11-19(12-14-20)25-22(27)15-8-17-6-9-18(24)10-7-17/h2-7,9-14H,8,15,24H2,1H3,(H,25,27)(H,26,28). The van der Waals surface area contributed by atoms with Gasteiger partial charge in [0.15, 0.2) is 0 Å². The van der Waals surface area contributed by atoms with Gasteiger partial charge in [-0.2, -0.15) is 0 Å². The number of hydrogen-bond donors (Lipinski definition) is 3. The van der Waals surface area contributed by atoms with E-state index in [0.29, 0.717) is 35.5 Å². The zero-order chi connectivity index (χ0) is 19.9. The number of aryl methyl sites for hydroxylation is 2. The van der Waals surface area contributed by atoms with Gasteiger partial charge in [-0.15, -0.1) is 0 Å². The number of anilines is 3. The summed E-state index contributed by atoms with van der Waals surface area (Å²) in [6.07, 6.45) is 1.03.